The molecule has 2 N–H and O–H groups in total. The number of hydrogen-bond donors (Lipinski definition) is 1. The number of rotatable bonds is 4. The average molecular weight is 429 g/mol. The van der Waals surface area contributed by atoms with Crippen molar-refractivity contribution < 1.29 is 4.79 Å². The second-order valence-electron chi connectivity index (χ2n) is 7.82. The Morgan fingerprint density at radius 3 is 2.33 bits per heavy atom. The summed E-state index contributed by atoms with van der Waals surface area (Å²) in [5, 5.41) is 0. The molecule has 0 aliphatic heterocycles. The third kappa shape index (κ3) is 3.08. The van der Waals surface area contributed by atoms with E-state index in [1.54, 1.807) is 12.4 Å². The van der Waals surface area contributed by atoms with E-state index in [1.165, 1.54) is 0 Å². The lowest BCUT2D eigenvalue weighted by molar-refractivity contribution is 0.100. The summed E-state index contributed by atoms with van der Waals surface area (Å²) in [6, 6.07) is 30.1. The number of para-hydroxylation sites is 3. The minimum Gasteiger partial charge on any atom is -0.366 e. The number of nitrogens with zero attached hydrogens (tertiary/aromatic N) is 4. The summed E-state index contributed by atoms with van der Waals surface area (Å²) in [6.45, 7) is 0. The first kappa shape index (κ1) is 19.0. The largest absolute Gasteiger partial charge is 0.366 e. The van der Waals surface area contributed by atoms with Crippen molar-refractivity contribution in [3.63, 3.8) is 0 Å². The van der Waals surface area contributed by atoms with Crippen molar-refractivity contribution in [3.8, 4) is 22.5 Å². The number of carbonyl (C=O) groups is 1. The molecule has 0 saturated carbocycles. The molecule has 0 radical (unpaired) electrons. The first-order valence-corrected chi connectivity index (χ1v) is 10.6. The predicted octanol–water partition coefficient (Wildman–Crippen LogP) is 5.13. The molecule has 2 aromatic heterocycles. The van der Waals surface area contributed by atoms with Gasteiger partial charge in [-0.25, -0.2) is 9.97 Å². The quantitative estimate of drug-likeness (QED) is 0.422. The first-order chi connectivity index (χ1) is 16.2. The molecule has 6 heteroatoms. The van der Waals surface area contributed by atoms with Gasteiger partial charge in [-0.1, -0.05) is 54.6 Å². The molecule has 0 atom stereocenters. The number of imidazole rings is 2. The normalized spacial score (nSPS) is 11.3. The molecule has 2 heterocycles. The number of amides is 1. The molecule has 0 bridgehead atoms. The highest BCUT2D eigenvalue weighted by atomic mass is 16.1. The molecular weight excluding hydrogens is 410 g/mol. The molecular formula is C27H19N5O. The van der Waals surface area contributed by atoms with Crippen LogP contribution in [-0.4, -0.2) is 25.0 Å². The first-order valence-electron chi connectivity index (χ1n) is 10.6. The molecule has 33 heavy (non-hydrogen) atoms. The Morgan fingerprint density at radius 2 is 1.48 bits per heavy atom. The van der Waals surface area contributed by atoms with Crippen molar-refractivity contribution in [2.24, 2.45) is 5.73 Å². The van der Waals surface area contributed by atoms with Crippen LogP contribution in [0.15, 0.2) is 104 Å². The maximum Gasteiger partial charge on any atom is 0.250 e. The maximum absolute atomic E-state index is 11.9. The van der Waals surface area contributed by atoms with Crippen LogP contribution in [0.4, 0.5) is 0 Å². The van der Waals surface area contributed by atoms with E-state index in [0.29, 0.717) is 11.1 Å². The van der Waals surface area contributed by atoms with Crippen LogP contribution in [0.2, 0.25) is 0 Å². The third-order valence-corrected chi connectivity index (χ3v) is 5.90. The number of fused-ring (bicyclic) bond motifs is 2. The Morgan fingerprint density at radius 1 is 0.727 bits per heavy atom. The van der Waals surface area contributed by atoms with Gasteiger partial charge in [-0.05, 0) is 42.0 Å². The monoisotopic (exact) mass is 429 g/mol. The lowest BCUT2D eigenvalue weighted by atomic mass is 10.0. The molecule has 0 saturated heterocycles. The molecule has 6 rings (SSSR count). The van der Waals surface area contributed by atoms with E-state index in [0.717, 1.165) is 39.1 Å². The summed E-state index contributed by atoms with van der Waals surface area (Å²) in [5.74, 6) is -0.493. The minimum absolute atomic E-state index is 0.407. The SMILES string of the molecule is NC(=O)c1cccc2c1ncn2-c1cc(-n2cnc3ccccc32)ccc1-c1ccccc1. The highest BCUT2D eigenvalue weighted by Gasteiger charge is 2.16. The highest BCUT2D eigenvalue weighted by Crippen LogP contribution is 2.32. The zero-order valence-electron chi connectivity index (χ0n) is 17.6. The Labute approximate surface area is 189 Å². The van der Waals surface area contributed by atoms with Crippen LogP contribution < -0.4 is 5.73 Å². The zero-order valence-corrected chi connectivity index (χ0v) is 17.6. The van der Waals surface area contributed by atoms with E-state index in [1.807, 2.05) is 59.4 Å². The van der Waals surface area contributed by atoms with E-state index in [9.17, 15) is 4.79 Å². The number of primary amides is 1. The molecule has 0 fully saturated rings. The summed E-state index contributed by atoms with van der Waals surface area (Å²) in [7, 11) is 0. The standard InChI is InChI=1S/C27H19N5O/c28-27(33)21-9-6-12-24-26(21)30-17-32(24)25-15-19(13-14-20(25)18-7-2-1-3-8-18)31-16-29-22-10-4-5-11-23(22)31/h1-17H,(H2,28,33). The highest BCUT2D eigenvalue weighted by molar-refractivity contribution is 6.04. The maximum atomic E-state index is 11.9. The predicted molar refractivity (Wildman–Crippen MR) is 130 cm³/mol. The van der Waals surface area contributed by atoms with Crippen LogP contribution in [0.5, 0.6) is 0 Å². The van der Waals surface area contributed by atoms with E-state index >= 15 is 0 Å². The van der Waals surface area contributed by atoms with E-state index < -0.39 is 5.91 Å². The fraction of sp³-hybridized carbons (Fsp3) is 0. The number of nitrogens with two attached hydrogens (primary N) is 1. The lowest BCUT2D eigenvalue weighted by Gasteiger charge is -2.15. The van der Waals surface area contributed by atoms with Crippen molar-refractivity contribution in [2.75, 3.05) is 0 Å². The Bertz CT molecular complexity index is 1650. The van der Waals surface area contributed by atoms with Gasteiger partial charge in [-0.2, -0.15) is 0 Å². The van der Waals surface area contributed by atoms with E-state index in [4.69, 9.17) is 5.73 Å². The molecule has 6 aromatic rings. The van der Waals surface area contributed by atoms with E-state index in [-0.39, 0.29) is 0 Å². The molecule has 4 aromatic carbocycles. The van der Waals surface area contributed by atoms with Crippen LogP contribution >= 0.6 is 0 Å². The van der Waals surface area contributed by atoms with Gasteiger partial charge in [-0.15, -0.1) is 0 Å². The number of aromatic nitrogens is 4. The number of hydrogen-bond acceptors (Lipinski definition) is 3. The minimum atomic E-state index is -0.493. The van der Waals surface area contributed by atoms with Crippen molar-refractivity contribution >= 4 is 28.0 Å². The molecule has 158 valence electrons. The summed E-state index contributed by atoms with van der Waals surface area (Å²) in [6.07, 6.45) is 3.58. The number of carbonyl (C=O) groups excluding carboxylic acids is 1. The fourth-order valence-corrected chi connectivity index (χ4v) is 4.33. The van der Waals surface area contributed by atoms with Crippen molar-refractivity contribution in [1.29, 1.82) is 0 Å². The average Bonchev–Trinajstić information content (AvgIpc) is 3.48. The fourth-order valence-electron chi connectivity index (χ4n) is 4.33. The lowest BCUT2D eigenvalue weighted by Crippen LogP contribution is -2.11. The van der Waals surface area contributed by atoms with Gasteiger partial charge in [0.2, 0.25) is 0 Å². The van der Waals surface area contributed by atoms with Crippen LogP contribution in [0.3, 0.4) is 0 Å². The smallest absolute Gasteiger partial charge is 0.250 e. The second kappa shape index (κ2) is 7.46. The third-order valence-electron chi connectivity index (χ3n) is 5.90. The number of benzene rings is 4. The summed E-state index contributed by atoms with van der Waals surface area (Å²) < 4.78 is 4.08. The van der Waals surface area contributed by atoms with Gasteiger partial charge in [0.1, 0.15) is 18.2 Å². The summed E-state index contributed by atoms with van der Waals surface area (Å²) in [5.41, 5.74) is 13.4. The van der Waals surface area contributed by atoms with Crippen molar-refractivity contribution in [1.82, 2.24) is 19.1 Å². The van der Waals surface area contributed by atoms with Gasteiger partial charge < -0.3 is 5.73 Å². The van der Waals surface area contributed by atoms with Gasteiger partial charge in [0, 0.05) is 11.3 Å². The van der Waals surface area contributed by atoms with Gasteiger partial charge >= 0.3 is 0 Å². The zero-order chi connectivity index (χ0) is 22.4. The Kier molecular flexibility index (Phi) is 4.30. The van der Waals surface area contributed by atoms with Crippen LogP contribution in [0, 0.1) is 0 Å². The van der Waals surface area contributed by atoms with E-state index in [2.05, 4.69) is 50.9 Å². The molecule has 1 amide bonds. The van der Waals surface area contributed by atoms with Crippen molar-refractivity contribution in [3.05, 3.63) is 109 Å². The van der Waals surface area contributed by atoms with Crippen molar-refractivity contribution in [2.45, 2.75) is 0 Å². The molecule has 0 unspecified atom stereocenters. The van der Waals surface area contributed by atoms with Crippen LogP contribution in [-0.2, 0) is 0 Å². The summed E-state index contributed by atoms with van der Waals surface area (Å²) >= 11 is 0. The molecule has 6 nitrogen and oxygen atoms in total. The molecule has 0 spiro atoms. The summed E-state index contributed by atoms with van der Waals surface area (Å²) in [4.78, 5) is 21.0. The van der Waals surface area contributed by atoms with Gasteiger partial charge in [0.15, 0.2) is 0 Å². The Balaban J connectivity index is 1.63. The molecule has 0 aliphatic rings. The second-order valence-corrected chi connectivity index (χ2v) is 7.82. The topological polar surface area (TPSA) is 78.7 Å². The van der Waals surface area contributed by atoms with Crippen LogP contribution in [0.25, 0.3) is 44.6 Å². The Hall–Kier alpha value is -4.71. The van der Waals surface area contributed by atoms with Gasteiger partial charge in [0.25, 0.3) is 5.91 Å². The van der Waals surface area contributed by atoms with Gasteiger partial charge in [0.05, 0.1) is 27.8 Å². The van der Waals surface area contributed by atoms with Crippen LogP contribution in [0.1, 0.15) is 10.4 Å². The molecule has 0 aliphatic carbocycles. The van der Waals surface area contributed by atoms with Gasteiger partial charge in [-0.3, -0.25) is 13.9 Å².